The monoisotopic (exact) mass is 672 g/mol. The molecule has 0 radical (unpaired) electrons. The lowest BCUT2D eigenvalue weighted by atomic mass is 9.56. The van der Waals surface area contributed by atoms with Gasteiger partial charge in [0.25, 0.3) is 11.8 Å². The van der Waals surface area contributed by atoms with Crippen molar-refractivity contribution in [2.45, 2.75) is 54.2 Å². The number of aromatic hydroxyl groups is 1. The number of halogens is 3. The van der Waals surface area contributed by atoms with Gasteiger partial charge < -0.3 is 14.9 Å². The van der Waals surface area contributed by atoms with Crippen LogP contribution in [0, 0.1) is 23.6 Å². The molecule has 0 bridgehead atoms. The van der Waals surface area contributed by atoms with Crippen LogP contribution >= 0.6 is 23.2 Å². The van der Waals surface area contributed by atoms with Crippen molar-refractivity contribution in [2.75, 3.05) is 18.6 Å². The van der Waals surface area contributed by atoms with Crippen LogP contribution in [-0.4, -0.2) is 68.1 Å². The SMILES string of the molecule is COc1ccc([C@H]2C3=CC[C@@H]4C(=O)N(CCCCCC(=O)O)C(=O)[C@@H]4[C@@H]3C[C@@]3(Cl)C(=O)N(c4ccc(F)cc4)C(=O)[C@@]23Cl)cc1O. The van der Waals surface area contributed by atoms with Gasteiger partial charge >= 0.3 is 5.97 Å². The molecule has 2 aromatic carbocycles. The number of ether oxygens (including phenoxy) is 1. The van der Waals surface area contributed by atoms with Gasteiger partial charge in [-0.1, -0.05) is 24.1 Å². The summed E-state index contributed by atoms with van der Waals surface area (Å²) in [6.07, 6.45) is 3.11. The van der Waals surface area contributed by atoms with Crippen LogP contribution in [0.5, 0.6) is 11.5 Å². The number of imide groups is 2. The summed E-state index contributed by atoms with van der Waals surface area (Å²) in [5.74, 6) is -7.47. The number of carboxylic acid groups (broad SMARTS) is 1. The van der Waals surface area contributed by atoms with Gasteiger partial charge in [-0.3, -0.25) is 28.9 Å². The second kappa shape index (κ2) is 11.7. The van der Waals surface area contributed by atoms with E-state index in [1.54, 1.807) is 12.1 Å². The lowest BCUT2D eigenvalue weighted by Gasteiger charge is -2.50. The van der Waals surface area contributed by atoms with Crippen molar-refractivity contribution in [3.63, 3.8) is 0 Å². The second-order valence-electron chi connectivity index (χ2n) is 12.2. The van der Waals surface area contributed by atoms with E-state index in [0.29, 0.717) is 30.4 Å². The summed E-state index contributed by atoms with van der Waals surface area (Å²) >= 11 is 14.6. The van der Waals surface area contributed by atoms with Crippen LogP contribution in [0.15, 0.2) is 54.1 Å². The van der Waals surface area contributed by atoms with Crippen molar-refractivity contribution in [3.05, 3.63) is 65.5 Å². The molecule has 0 unspecified atom stereocenters. The first-order valence-corrected chi connectivity index (χ1v) is 15.8. The van der Waals surface area contributed by atoms with E-state index >= 15 is 0 Å². The first-order chi connectivity index (χ1) is 21.8. The predicted octanol–water partition coefficient (Wildman–Crippen LogP) is 4.75. The standard InChI is InChI=1S/C33H31Cl2FN2O8/c1-46-24-13-6-17(15-23(24)39)27-20-11-12-21-26(29(43)37(28(21)42)14-4-2-3-5-25(40)41)22(20)16-32(34)30(44)38(31(45)33(27,32)35)19-9-7-18(36)8-10-19/h6-11,13,15,21-22,26-27,39H,2-5,12,14,16H2,1H3,(H,40,41)/t21-,22+,26-,27-,32+,33-/m0/s1. The highest BCUT2D eigenvalue weighted by molar-refractivity contribution is 6.58. The Hall–Kier alpha value is -3.96. The predicted molar refractivity (Wildman–Crippen MR) is 164 cm³/mol. The minimum atomic E-state index is -2.12. The molecular weight excluding hydrogens is 642 g/mol. The van der Waals surface area contributed by atoms with Gasteiger partial charge in [0, 0.05) is 18.9 Å². The number of methoxy groups -OCH3 is 1. The van der Waals surface area contributed by atoms with Crippen LogP contribution in [0.25, 0.3) is 0 Å². The fourth-order valence-electron chi connectivity index (χ4n) is 7.67. The van der Waals surface area contributed by atoms with E-state index in [2.05, 4.69) is 0 Å². The number of anilines is 1. The fourth-order valence-corrected chi connectivity index (χ4v) is 8.60. The molecule has 46 heavy (non-hydrogen) atoms. The fraction of sp³-hybridized carbons (Fsp3) is 0.424. The van der Waals surface area contributed by atoms with E-state index in [1.165, 1.54) is 36.3 Å². The Morgan fingerprint density at radius 3 is 2.37 bits per heavy atom. The van der Waals surface area contributed by atoms with Gasteiger partial charge in [-0.15, -0.1) is 23.2 Å². The minimum Gasteiger partial charge on any atom is -0.504 e. The number of phenols is 1. The zero-order chi connectivity index (χ0) is 33.1. The van der Waals surface area contributed by atoms with Crippen LogP contribution < -0.4 is 9.64 Å². The zero-order valence-corrected chi connectivity index (χ0v) is 26.3. The quantitative estimate of drug-likeness (QED) is 0.168. The molecule has 2 N–H and O–H groups in total. The molecule has 13 heteroatoms. The number of carbonyl (C=O) groups excluding carboxylic acids is 4. The van der Waals surface area contributed by atoms with E-state index in [-0.39, 0.29) is 48.9 Å². The molecule has 6 rings (SSSR count). The summed E-state index contributed by atoms with van der Waals surface area (Å²) in [5, 5.41) is 19.6. The first-order valence-electron chi connectivity index (χ1n) is 15.0. The smallest absolute Gasteiger partial charge is 0.303 e. The Labute approximate surface area is 273 Å². The molecule has 242 valence electrons. The molecule has 2 aliphatic heterocycles. The molecule has 0 spiro atoms. The molecule has 3 fully saturated rings. The largest absolute Gasteiger partial charge is 0.504 e. The van der Waals surface area contributed by atoms with Crippen molar-refractivity contribution in [1.82, 2.24) is 4.90 Å². The highest BCUT2D eigenvalue weighted by atomic mass is 35.5. The van der Waals surface area contributed by atoms with Gasteiger partial charge in [0.05, 0.1) is 24.6 Å². The molecule has 0 aromatic heterocycles. The maximum atomic E-state index is 14.4. The second-order valence-corrected chi connectivity index (χ2v) is 13.5. The van der Waals surface area contributed by atoms with Gasteiger partial charge in [-0.2, -0.15) is 0 Å². The molecule has 2 heterocycles. The highest BCUT2D eigenvalue weighted by Gasteiger charge is 2.76. The van der Waals surface area contributed by atoms with E-state index in [0.717, 1.165) is 17.0 Å². The normalized spacial score (nSPS) is 30.2. The third kappa shape index (κ3) is 4.69. The van der Waals surface area contributed by atoms with Crippen molar-refractivity contribution in [2.24, 2.45) is 17.8 Å². The zero-order valence-electron chi connectivity index (χ0n) is 24.8. The van der Waals surface area contributed by atoms with Gasteiger partial charge in [0.15, 0.2) is 21.2 Å². The van der Waals surface area contributed by atoms with Crippen molar-refractivity contribution >= 4 is 58.5 Å². The van der Waals surface area contributed by atoms with Crippen LogP contribution in [-0.2, 0) is 24.0 Å². The maximum absolute atomic E-state index is 14.4. The number of unbranched alkanes of at least 4 members (excludes halogenated alkanes) is 2. The molecule has 2 saturated heterocycles. The van der Waals surface area contributed by atoms with Gasteiger partial charge in [0.2, 0.25) is 11.8 Å². The van der Waals surface area contributed by atoms with Gasteiger partial charge in [0.1, 0.15) is 5.82 Å². The Morgan fingerprint density at radius 2 is 1.72 bits per heavy atom. The first kappa shape index (κ1) is 32.0. The molecule has 1 saturated carbocycles. The summed E-state index contributed by atoms with van der Waals surface area (Å²) in [7, 11) is 1.38. The summed E-state index contributed by atoms with van der Waals surface area (Å²) < 4.78 is 19.0. The number of carboxylic acids is 1. The Bertz CT molecular complexity index is 1680. The number of fused-ring (bicyclic) bond motifs is 4. The van der Waals surface area contributed by atoms with Crippen molar-refractivity contribution in [3.8, 4) is 11.5 Å². The minimum absolute atomic E-state index is 0.00946. The Morgan fingerprint density at radius 1 is 1.00 bits per heavy atom. The Balaban J connectivity index is 1.42. The molecular formula is C33H31Cl2FN2O8. The van der Waals surface area contributed by atoms with E-state index in [4.69, 9.17) is 33.0 Å². The van der Waals surface area contributed by atoms with E-state index in [1.807, 2.05) is 0 Å². The number of likely N-dealkylation sites (tertiary alicyclic amines) is 1. The number of phenolic OH excluding ortho intramolecular Hbond substituents is 1. The number of rotatable bonds is 9. The summed E-state index contributed by atoms with van der Waals surface area (Å²) in [6, 6.07) is 9.22. The highest BCUT2D eigenvalue weighted by Crippen LogP contribution is 2.66. The number of amides is 4. The molecule has 6 atom stereocenters. The molecule has 10 nitrogen and oxygen atoms in total. The van der Waals surface area contributed by atoms with Crippen molar-refractivity contribution < 1.29 is 43.3 Å². The lowest BCUT2D eigenvalue weighted by Crippen LogP contribution is -2.60. The third-order valence-corrected chi connectivity index (χ3v) is 11.2. The van der Waals surface area contributed by atoms with Gasteiger partial charge in [-0.25, -0.2) is 9.29 Å². The number of nitrogens with zero attached hydrogens (tertiary/aromatic N) is 2. The lowest BCUT2D eigenvalue weighted by molar-refractivity contribution is -0.141. The number of carbonyl (C=O) groups is 5. The Kier molecular flexibility index (Phi) is 8.13. The average molecular weight is 674 g/mol. The van der Waals surface area contributed by atoms with Crippen LogP contribution in [0.3, 0.4) is 0 Å². The summed E-state index contributed by atoms with van der Waals surface area (Å²) in [5.41, 5.74) is 0.976. The summed E-state index contributed by atoms with van der Waals surface area (Å²) in [4.78, 5) is 64.8. The summed E-state index contributed by atoms with van der Waals surface area (Å²) in [6.45, 7) is 0.128. The number of benzene rings is 2. The number of hydrogen-bond donors (Lipinski definition) is 2. The maximum Gasteiger partial charge on any atom is 0.303 e. The molecule has 4 amide bonds. The number of alkyl halides is 2. The molecule has 4 aliphatic rings. The topological polar surface area (TPSA) is 142 Å². The van der Waals surface area contributed by atoms with Crippen molar-refractivity contribution in [1.29, 1.82) is 0 Å². The van der Waals surface area contributed by atoms with Crippen LogP contribution in [0.1, 0.15) is 50.0 Å². The number of hydrogen-bond acceptors (Lipinski definition) is 7. The third-order valence-electron chi connectivity index (χ3n) is 9.80. The van der Waals surface area contributed by atoms with Gasteiger partial charge in [-0.05, 0) is 73.6 Å². The van der Waals surface area contributed by atoms with Crippen LogP contribution in [0.2, 0.25) is 0 Å². The number of allylic oxidation sites excluding steroid dienone is 2. The number of aliphatic carboxylic acids is 1. The van der Waals surface area contributed by atoms with E-state index < -0.39 is 62.9 Å². The molecule has 2 aromatic rings. The van der Waals surface area contributed by atoms with Crippen LogP contribution in [0.4, 0.5) is 10.1 Å². The average Bonchev–Trinajstić information content (AvgIpc) is 3.35. The molecule has 2 aliphatic carbocycles. The van der Waals surface area contributed by atoms with E-state index in [9.17, 15) is 33.5 Å².